The molecule has 0 aliphatic heterocycles. The first kappa shape index (κ1) is 16.9. The van der Waals surface area contributed by atoms with Crippen LogP contribution in [0.4, 0.5) is 3.89 Å². The molecule has 2 rings (SSSR count). The summed E-state index contributed by atoms with van der Waals surface area (Å²) in [5.41, 5.74) is -0.101. The molecule has 115 valence electrons. The van der Waals surface area contributed by atoms with Gasteiger partial charge in [-0.15, -0.1) is 3.89 Å². The molecule has 1 N–H and O–H groups in total. The molecule has 4 nitrogen and oxygen atoms in total. The Bertz CT molecular complexity index is 731. The van der Waals surface area contributed by atoms with Crippen molar-refractivity contribution in [1.82, 2.24) is 3.97 Å². The molecule has 1 aromatic carbocycles. The Balaban J connectivity index is 2.35. The number of aromatic nitrogens is 1. The van der Waals surface area contributed by atoms with E-state index in [4.69, 9.17) is 9.92 Å². The van der Waals surface area contributed by atoms with E-state index in [1.165, 1.54) is 11.5 Å². The number of hydrogen-bond acceptors (Lipinski definition) is 4. The van der Waals surface area contributed by atoms with Gasteiger partial charge in [-0.25, -0.2) is 0 Å². The lowest BCUT2D eigenvalue weighted by atomic mass is 9.82. The van der Waals surface area contributed by atoms with Gasteiger partial charge in [-0.05, 0) is 50.7 Å². The van der Waals surface area contributed by atoms with Crippen molar-refractivity contribution in [3.63, 3.8) is 0 Å². The molecule has 0 saturated carbocycles. The fourth-order valence-electron chi connectivity index (χ4n) is 1.80. The smallest absolute Gasteiger partial charge is 0.333 e. The van der Waals surface area contributed by atoms with Crippen molar-refractivity contribution < 1.29 is 13.6 Å². The van der Waals surface area contributed by atoms with Gasteiger partial charge < -0.3 is 9.76 Å². The lowest BCUT2D eigenvalue weighted by Gasteiger charge is -2.37. The molecule has 0 unspecified atom stereocenters. The molecule has 0 aliphatic rings. The molecular formula is C15H17BFN2O2S. The van der Waals surface area contributed by atoms with Gasteiger partial charge >= 0.3 is 7.48 Å². The van der Waals surface area contributed by atoms with E-state index in [2.05, 4.69) is 0 Å². The van der Waals surface area contributed by atoms with Gasteiger partial charge in [-0.2, -0.15) is 5.26 Å². The SMILES string of the molecule is CC(C)(O)C(C)(C)O[B]c1cn(SF)c2cc(C#N)ccc12. The Kier molecular flexibility index (Phi) is 4.57. The minimum Gasteiger partial charge on any atom is -0.427 e. The zero-order valence-electron chi connectivity index (χ0n) is 12.9. The molecule has 0 bridgehead atoms. The number of fused-ring (bicyclic) bond motifs is 1. The zero-order chi connectivity index (χ0) is 16.5. The molecular weight excluding hydrogens is 302 g/mol. The van der Waals surface area contributed by atoms with Gasteiger partial charge in [0.05, 0.1) is 28.4 Å². The maximum Gasteiger partial charge on any atom is 0.333 e. The lowest BCUT2D eigenvalue weighted by molar-refractivity contribution is -0.0893. The van der Waals surface area contributed by atoms with E-state index in [0.717, 1.165) is 5.39 Å². The van der Waals surface area contributed by atoms with Crippen LogP contribution in [0.3, 0.4) is 0 Å². The number of aliphatic hydroxyl groups is 1. The molecule has 2 aromatic rings. The molecule has 1 heterocycles. The van der Waals surface area contributed by atoms with Crippen LogP contribution in [0.15, 0.2) is 24.4 Å². The maximum atomic E-state index is 13.1. The van der Waals surface area contributed by atoms with Crippen molar-refractivity contribution in [3.05, 3.63) is 30.0 Å². The highest BCUT2D eigenvalue weighted by Gasteiger charge is 2.36. The minimum atomic E-state index is -1.04. The highest BCUT2D eigenvalue weighted by molar-refractivity contribution is 7.92. The summed E-state index contributed by atoms with van der Waals surface area (Å²) in [6, 6.07) is 7.09. The van der Waals surface area contributed by atoms with Gasteiger partial charge in [0.1, 0.15) is 0 Å². The Morgan fingerprint density at radius 3 is 2.59 bits per heavy atom. The van der Waals surface area contributed by atoms with E-state index in [9.17, 15) is 8.99 Å². The minimum absolute atomic E-state index is 0.0595. The summed E-state index contributed by atoms with van der Waals surface area (Å²) in [7, 11) is 1.51. The zero-order valence-corrected chi connectivity index (χ0v) is 13.7. The normalized spacial score (nSPS) is 12.4. The number of halogens is 1. The Morgan fingerprint density at radius 1 is 1.36 bits per heavy atom. The summed E-state index contributed by atoms with van der Waals surface area (Å²) >= 11 is 0.0595. The van der Waals surface area contributed by atoms with E-state index < -0.39 is 11.2 Å². The third-order valence-electron chi connectivity index (χ3n) is 3.96. The third-order valence-corrected chi connectivity index (χ3v) is 4.41. The van der Waals surface area contributed by atoms with Gasteiger partial charge in [0.15, 0.2) is 12.3 Å². The topological polar surface area (TPSA) is 58.2 Å². The molecule has 0 saturated heterocycles. The second kappa shape index (κ2) is 5.96. The molecule has 7 heteroatoms. The van der Waals surface area contributed by atoms with Crippen molar-refractivity contribution in [2.45, 2.75) is 38.9 Å². The highest BCUT2D eigenvalue weighted by Crippen LogP contribution is 2.25. The van der Waals surface area contributed by atoms with Crippen molar-refractivity contribution in [2.75, 3.05) is 0 Å². The molecule has 0 fully saturated rings. The molecule has 1 aromatic heterocycles. The number of rotatable bonds is 5. The predicted octanol–water partition coefficient (Wildman–Crippen LogP) is 2.70. The van der Waals surface area contributed by atoms with Gasteiger partial charge in [-0.1, -0.05) is 6.07 Å². The van der Waals surface area contributed by atoms with E-state index >= 15 is 0 Å². The maximum absolute atomic E-state index is 13.1. The van der Waals surface area contributed by atoms with Crippen molar-refractivity contribution >= 4 is 36.2 Å². The van der Waals surface area contributed by atoms with Crippen molar-refractivity contribution in [2.24, 2.45) is 0 Å². The van der Waals surface area contributed by atoms with Crippen LogP contribution in [0, 0.1) is 11.3 Å². The third kappa shape index (κ3) is 3.14. The van der Waals surface area contributed by atoms with E-state index in [-0.39, 0.29) is 12.3 Å². The van der Waals surface area contributed by atoms with Crippen molar-refractivity contribution in [1.29, 1.82) is 5.26 Å². The first-order valence-electron chi connectivity index (χ1n) is 6.77. The van der Waals surface area contributed by atoms with Crippen LogP contribution in [-0.2, 0) is 4.65 Å². The first-order chi connectivity index (χ1) is 10.2. The summed E-state index contributed by atoms with van der Waals surface area (Å²) in [6.45, 7) is 6.89. The van der Waals surface area contributed by atoms with Gasteiger partial charge in [0.25, 0.3) is 0 Å². The molecule has 0 amide bonds. The molecule has 22 heavy (non-hydrogen) atoms. The van der Waals surface area contributed by atoms with Crippen LogP contribution < -0.4 is 5.46 Å². The first-order valence-corrected chi connectivity index (χ1v) is 7.44. The van der Waals surface area contributed by atoms with E-state index in [1.54, 1.807) is 52.1 Å². The number of hydrogen-bond donors (Lipinski definition) is 1. The van der Waals surface area contributed by atoms with E-state index in [1.807, 2.05) is 6.07 Å². The number of nitriles is 1. The van der Waals surface area contributed by atoms with Crippen LogP contribution >= 0.6 is 12.3 Å². The van der Waals surface area contributed by atoms with E-state index in [0.29, 0.717) is 16.5 Å². The fourth-order valence-corrected chi connectivity index (χ4v) is 2.18. The van der Waals surface area contributed by atoms with Gasteiger partial charge in [-0.3, -0.25) is 3.97 Å². The van der Waals surface area contributed by atoms with Gasteiger partial charge in [0, 0.05) is 6.20 Å². The number of benzene rings is 1. The molecule has 0 aliphatic carbocycles. The van der Waals surface area contributed by atoms with Crippen LogP contribution in [0.1, 0.15) is 33.3 Å². The largest absolute Gasteiger partial charge is 0.427 e. The highest BCUT2D eigenvalue weighted by atomic mass is 32.2. The summed E-state index contributed by atoms with van der Waals surface area (Å²) < 4.78 is 20.1. The molecule has 0 atom stereocenters. The Labute approximate surface area is 134 Å². The average molecular weight is 319 g/mol. The predicted molar refractivity (Wildman–Crippen MR) is 87.6 cm³/mol. The quantitative estimate of drug-likeness (QED) is 0.861. The van der Waals surface area contributed by atoms with Crippen LogP contribution in [-0.4, -0.2) is 27.8 Å². The average Bonchev–Trinajstić information content (AvgIpc) is 2.81. The van der Waals surface area contributed by atoms with Crippen LogP contribution in [0.25, 0.3) is 10.9 Å². The Hall–Kier alpha value is -1.49. The number of nitrogens with zero attached hydrogens (tertiary/aromatic N) is 2. The van der Waals surface area contributed by atoms with Crippen LogP contribution in [0.5, 0.6) is 0 Å². The second-order valence-corrected chi connectivity index (χ2v) is 6.66. The summed E-state index contributed by atoms with van der Waals surface area (Å²) in [5, 5.41) is 19.8. The standard InChI is InChI=1S/C15H17BFN2O2S/c1-14(2,20)15(3,4)21-16-12-9-19(22-17)13-7-10(8-18)5-6-11(12)13/h5-7,9,20H,1-4H3. The summed E-state index contributed by atoms with van der Waals surface area (Å²) in [6.07, 6.45) is 1.59. The summed E-state index contributed by atoms with van der Waals surface area (Å²) in [4.78, 5) is 0. The summed E-state index contributed by atoms with van der Waals surface area (Å²) in [5.74, 6) is 0. The monoisotopic (exact) mass is 319 g/mol. The fraction of sp³-hybridized carbons (Fsp3) is 0.400. The lowest BCUT2D eigenvalue weighted by Crippen LogP contribution is -2.49. The van der Waals surface area contributed by atoms with Crippen LogP contribution in [0.2, 0.25) is 0 Å². The molecule has 1 radical (unpaired) electrons. The molecule has 0 spiro atoms. The second-order valence-electron chi connectivity index (χ2n) is 6.13. The van der Waals surface area contributed by atoms with Crippen molar-refractivity contribution in [3.8, 4) is 6.07 Å². The Morgan fingerprint density at radius 2 is 2.05 bits per heavy atom. The van der Waals surface area contributed by atoms with Gasteiger partial charge in [0.2, 0.25) is 0 Å².